The third kappa shape index (κ3) is 3.35. The lowest BCUT2D eigenvalue weighted by molar-refractivity contribution is -0.387. The number of nitro benzene ring substituents is 1. The van der Waals surface area contributed by atoms with Crippen molar-refractivity contribution in [1.82, 2.24) is 0 Å². The van der Waals surface area contributed by atoms with E-state index < -0.39 is 46.1 Å². The van der Waals surface area contributed by atoms with E-state index in [2.05, 4.69) is 0 Å². The van der Waals surface area contributed by atoms with Crippen molar-refractivity contribution in [2.75, 3.05) is 6.61 Å². The molecule has 19 heavy (non-hydrogen) atoms. The van der Waals surface area contributed by atoms with Gasteiger partial charge in [0.25, 0.3) is 0 Å². The van der Waals surface area contributed by atoms with Crippen molar-refractivity contribution >= 4 is 11.7 Å². The standard InChI is InChI=1S/C10H10F2N2O5/c1-10(13,9(15)16)4-19-8-3-5(11)7(14(17)18)2-6(8)12/h2-3H,4,13H2,1H3,(H,15,16). The van der Waals surface area contributed by atoms with Gasteiger partial charge in [-0.3, -0.25) is 14.9 Å². The van der Waals surface area contributed by atoms with Crippen LogP contribution in [0.2, 0.25) is 0 Å². The molecule has 0 bridgehead atoms. The Balaban J connectivity index is 2.95. The van der Waals surface area contributed by atoms with E-state index in [9.17, 15) is 23.7 Å². The van der Waals surface area contributed by atoms with Crippen molar-refractivity contribution in [3.05, 3.63) is 33.9 Å². The molecule has 9 heteroatoms. The first-order chi connectivity index (χ1) is 8.65. The van der Waals surface area contributed by atoms with Crippen LogP contribution in [0.1, 0.15) is 6.92 Å². The molecule has 104 valence electrons. The number of nitro groups is 1. The highest BCUT2D eigenvalue weighted by molar-refractivity contribution is 5.78. The van der Waals surface area contributed by atoms with Gasteiger partial charge in [0.05, 0.1) is 11.0 Å². The Morgan fingerprint density at radius 2 is 2.11 bits per heavy atom. The quantitative estimate of drug-likeness (QED) is 0.613. The molecule has 0 amide bonds. The van der Waals surface area contributed by atoms with Gasteiger partial charge in [0, 0.05) is 6.07 Å². The number of nitrogens with zero attached hydrogens (tertiary/aromatic N) is 1. The van der Waals surface area contributed by atoms with Crippen molar-refractivity contribution in [1.29, 1.82) is 0 Å². The van der Waals surface area contributed by atoms with Gasteiger partial charge in [-0.25, -0.2) is 4.39 Å². The van der Waals surface area contributed by atoms with Gasteiger partial charge in [0.1, 0.15) is 12.1 Å². The van der Waals surface area contributed by atoms with E-state index in [4.69, 9.17) is 15.6 Å². The highest BCUT2D eigenvalue weighted by Gasteiger charge is 2.30. The lowest BCUT2D eigenvalue weighted by atomic mass is 10.1. The van der Waals surface area contributed by atoms with E-state index in [0.29, 0.717) is 12.1 Å². The molecule has 3 N–H and O–H groups in total. The van der Waals surface area contributed by atoms with Gasteiger partial charge in [0.2, 0.25) is 5.82 Å². The molecule has 0 heterocycles. The second-order valence-corrected chi connectivity index (χ2v) is 4.00. The molecule has 0 saturated heterocycles. The normalized spacial score (nSPS) is 13.7. The van der Waals surface area contributed by atoms with E-state index in [0.717, 1.165) is 6.92 Å². The van der Waals surface area contributed by atoms with Crippen molar-refractivity contribution in [2.45, 2.75) is 12.5 Å². The lowest BCUT2D eigenvalue weighted by Crippen LogP contribution is -2.50. The van der Waals surface area contributed by atoms with Crippen molar-refractivity contribution < 1.29 is 28.3 Å². The van der Waals surface area contributed by atoms with Gasteiger partial charge in [-0.15, -0.1) is 0 Å². The summed E-state index contributed by atoms with van der Waals surface area (Å²) in [4.78, 5) is 19.9. The molecule has 0 aliphatic carbocycles. The summed E-state index contributed by atoms with van der Waals surface area (Å²) < 4.78 is 31.3. The van der Waals surface area contributed by atoms with Crippen LogP contribution in [0.4, 0.5) is 14.5 Å². The molecular formula is C10H10F2N2O5. The summed E-state index contributed by atoms with van der Waals surface area (Å²) in [5, 5.41) is 19.1. The molecular weight excluding hydrogens is 266 g/mol. The number of carbonyl (C=O) groups is 1. The molecule has 0 spiro atoms. The number of hydrogen-bond donors (Lipinski definition) is 2. The van der Waals surface area contributed by atoms with E-state index in [1.807, 2.05) is 0 Å². The van der Waals surface area contributed by atoms with Gasteiger partial charge in [-0.2, -0.15) is 4.39 Å². The van der Waals surface area contributed by atoms with Crippen LogP contribution >= 0.6 is 0 Å². The number of halogens is 2. The van der Waals surface area contributed by atoms with Gasteiger partial charge in [0.15, 0.2) is 11.6 Å². The predicted octanol–water partition coefficient (Wildman–Crippen LogP) is 1.05. The van der Waals surface area contributed by atoms with Crippen LogP contribution < -0.4 is 10.5 Å². The van der Waals surface area contributed by atoms with Crippen LogP contribution in [0, 0.1) is 21.7 Å². The molecule has 0 aromatic heterocycles. The zero-order valence-electron chi connectivity index (χ0n) is 9.72. The molecule has 0 aliphatic rings. The second-order valence-electron chi connectivity index (χ2n) is 4.00. The highest BCUT2D eigenvalue weighted by Crippen LogP contribution is 2.26. The Hall–Kier alpha value is -2.29. The first kappa shape index (κ1) is 14.8. The summed E-state index contributed by atoms with van der Waals surface area (Å²) in [6.07, 6.45) is 0. The van der Waals surface area contributed by atoms with Crippen LogP contribution in [0.25, 0.3) is 0 Å². The van der Waals surface area contributed by atoms with Crippen LogP contribution in [0.15, 0.2) is 12.1 Å². The number of ether oxygens (including phenoxy) is 1. The smallest absolute Gasteiger partial charge is 0.326 e. The summed E-state index contributed by atoms with van der Waals surface area (Å²) in [6, 6.07) is 0.810. The molecule has 7 nitrogen and oxygen atoms in total. The van der Waals surface area contributed by atoms with E-state index in [1.165, 1.54) is 0 Å². The number of carboxylic acids is 1. The Labute approximate surface area is 105 Å². The fourth-order valence-electron chi connectivity index (χ4n) is 1.06. The maximum atomic E-state index is 13.4. The lowest BCUT2D eigenvalue weighted by Gasteiger charge is -2.19. The highest BCUT2D eigenvalue weighted by atomic mass is 19.1. The SMILES string of the molecule is CC(N)(COc1cc(F)c([N+](=O)[O-])cc1F)C(=O)O. The Kier molecular flexibility index (Phi) is 4.00. The summed E-state index contributed by atoms with van der Waals surface area (Å²) >= 11 is 0. The van der Waals surface area contributed by atoms with Crippen LogP contribution in [0.3, 0.4) is 0 Å². The molecule has 0 radical (unpaired) electrons. The first-order valence-electron chi connectivity index (χ1n) is 4.93. The summed E-state index contributed by atoms with van der Waals surface area (Å²) in [7, 11) is 0. The second kappa shape index (κ2) is 5.14. The molecule has 1 atom stereocenters. The number of nitrogens with two attached hydrogens (primary N) is 1. The van der Waals surface area contributed by atoms with E-state index in [1.54, 1.807) is 0 Å². The van der Waals surface area contributed by atoms with Crippen LogP contribution in [-0.4, -0.2) is 28.1 Å². The molecule has 1 aromatic rings. The number of hydrogen-bond acceptors (Lipinski definition) is 5. The predicted molar refractivity (Wildman–Crippen MR) is 58.7 cm³/mol. The van der Waals surface area contributed by atoms with Gasteiger partial charge in [-0.1, -0.05) is 0 Å². The van der Waals surface area contributed by atoms with Crippen molar-refractivity contribution in [3.63, 3.8) is 0 Å². The minimum atomic E-state index is -1.80. The average molecular weight is 276 g/mol. The zero-order chi connectivity index (χ0) is 14.8. The number of benzene rings is 1. The fraction of sp³-hybridized carbons (Fsp3) is 0.300. The summed E-state index contributed by atoms with van der Waals surface area (Å²) in [5.41, 5.74) is 2.48. The Bertz CT molecular complexity index is 533. The zero-order valence-corrected chi connectivity index (χ0v) is 9.72. The third-order valence-electron chi connectivity index (χ3n) is 2.21. The van der Waals surface area contributed by atoms with Crippen molar-refractivity contribution in [3.8, 4) is 5.75 Å². The number of carboxylic acid groups (broad SMARTS) is 1. The molecule has 0 fully saturated rings. The maximum absolute atomic E-state index is 13.4. The minimum Gasteiger partial charge on any atom is -0.488 e. The fourth-order valence-corrected chi connectivity index (χ4v) is 1.06. The van der Waals surface area contributed by atoms with Gasteiger partial charge >= 0.3 is 11.7 Å². The molecule has 1 rings (SSSR count). The van der Waals surface area contributed by atoms with E-state index in [-0.39, 0.29) is 0 Å². The molecule has 1 unspecified atom stereocenters. The average Bonchev–Trinajstić information content (AvgIpc) is 2.29. The topological polar surface area (TPSA) is 116 Å². The maximum Gasteiger partial charge on any atom is 0.326 e. The monoisotopic (exact) mass is 276 g/mol. The largest absolute Gasteiger partial charge is 0.488 e. The summed E-state index contributed by atoms with van der Waals surface area (Å²) in [5.74, 6) is -4.53. The van der Waals surface area contributed by atoms with Gasteiger partial charge < -0.3 is 15.6 Å². The summed E-state index contributed by atoms with van der Waals surface area (Å²) in [6.45, 7) is 0.492. The molecule has 0 saturated carbocycles. The van der Waals surface area contributed by atoms with Crippen LogP contribution in [-0.2, 0) is 4.79 Å². The molecule has 1 aromatic carbocycles. The van der Waals surface area contributed by atoms with Crippen molar-refractivity contribution in [2.24, 2.45) is 5.73 Å². The van der Waals surface area contributed by atoms with E-state index >= 15 is 0 Å². The van der Waals surface area contributed by atoms with Gasteiger partial charge in [-0.05, 0) is 6.92 Å². The Morgan fingerprint density at radius 1 is 1.53 bits per heavy atom. The number of aliphatic carboxylic acids is 1. The number of rotatable bonds is 5. The third-order valence-corrected chi connectivity index (χ3v) is 2.21. The Morgan fingerprint density at radius 3 is 2.58 bits per heavy atom. The first-order valence-corrected chi connectivity index (χ1v) is 4.93. The van der Waals surface area contributed by atoms with Crippen LogP contribution in [0.5, 0.6) is 5.75 Å². The minimum absolute atomic E-state index is 0.347. The molecule has 0 aliphatic heterocycles.